The van der Waals surface area contributed by atoms with Crippen molar-refractivity contribution in [3.63, 3.8) is 0 Å². The fraction of sp³-hybridized carbons (Fsp3) is 0.0833. The van der Waals surface area contributed by atoms with Crippen molar-refractivity contribution >= 4 is 17.1 Å². The van der Waals surface area contributed by atoms with Crippen molar-refractivity contribution < 1.29 is 14.1 Å². The van der Waals surface area contributed by atoms with Crippen LogP contribution in [0.5, 0.6) is 5.75 Å². The number of hydrogen-bond acceptors (Lipinski definition) is 5. The van der Waals surface area contributed by atoms with E-state index in [-0.39, 0.29) is 17.1 Å². The van der Waals surface area contributed by atoms with Crippen LogP contribution in [0.4, 0.5) is 15.8 Å². The normalized spacial score (nSPS) is 11.4. The van der Waals surface area contributed by atoms with Gasteiger partial charge in [0.05, 0.1) is 40.4 Å². The third kappa shape index (κ3) is 4.42. The number of aromatic amines is 1. The Morgan fingerprint density at radius 3 is 2.24 bits per heavy atom. The second kappa shape index (κ2) is 8.91. The van der Waals surface area contributed by atoms with Crippen molar-refractivity contribution in [1.82, 2.24) is 9.78 Å². The molecular formula is C24H19FN4O4. The number of nitrogens with one attached hydrogen (secondary N) is 1. The molecule has 0 saturated heterocycles. The monoisotopic (exact) mass is 446 g/mol. The van der Waals surface area contributed by atoms with Crippen molar-refractivity contribution in [2.24, 2.45) is 4.99 Å². The zero-order chi connectivity index (χ0) is 23.5. The van der Waals surface area contributed by atoms with Crippen molar-refractivity contribution in [1.29, 1.82) is 0 Å². The van der Waals surface area contributed by atoms with E-state index in [1.807, 2.05) is 0 Å². The summed E-state index contributed by atoms with van der Waals surface area (Å²) in [4.78, 5) is 28.4. The highest BCUT2D eigenvalue weighted by Gasteiger charge is 2.20. The van der Waals surface area contributed by atoms with Crippen LogP contribution in [0, 0.1) is 15.9 Å². The number of nitro benzene ring substituents is 1. The molecule has 4 rings (SSSR count). The van der Waals surface area contributed by atoms with Crippen LogP contribution in [0.15, 0.2) is 82.6 Å². The summed E-state index contributed by atoms with van der Waals surface area (Å²) < 4.78 is 19.8. The first-order chi connectivity index (χ1) is 15.9. The Morgan fingerprint density at radius 2 is 1.67 bits per heavy atom. The predicted molar refractivity (Wildman–Crippen MR) is 123 cm³/mol. The van der Waals surface area contributed by atoms with Crippen molar-refractivity contribution in [2.45, 2.75) is 6.92 Å². The van der Waals surface area contributed by atoms with Gasteiger partial charge >= 0.3 is 0 Å². The number of nitro groups is 1. The van der Waals surface area contributed by atoms with Gasteiger partial charge in [0.2, 0.25) is 0 Å². The molecule has 4 aromatic rings. The SMILES string of the molecule is COc1ccc(-c2[nH]n(-c3ccc([N+](=O)[O-])cc3)c(=O)c2C(C)=Nc2ccc(F)cc2)cc1. The van der Waals surface area contributed by atoms with E-state index in [2.05, 4.69) is 10.1 Å². The second-order valence-corrected chi connectivity index (χ2v) is 7.18. The number of aliphatic imine (C=N–C) groups is 1. The van der Waals surface area contributed by atoms with Gasteiger partial charge in [-0.3, -0.25) is 25.0 Å². The molecule has 0 fully saturated rings. The number of methoxy groups -OCH3 is 1. The average Bonchev–Trinajstić information content (AvgIpc) is 3.17. The minimum atomic E-state index is -0.505. The number of ether oxygens (including phenoxy) is 1. The molecule has 0 amide bonds. The van der Waals surface area contributed by atoms with Crippen LogP contribution in [0.3, 0.4) is 0 Å². The van der Waals surface area contributed by atoms with E-state index < -0.39 is 4.92 Å². The van der Waals surface area contributed by atoms with Crippen LogP contribution in [0.2, 0.25) is 0 Å². The standard InChI is InChI=1S/C24H19FN4O4/c1-15(26-18-7-5-17(25)6-8-18)22-23(16-3-13-21(33-2)14-4-16)27-28(24(22)30)19-9-11-20(12-10-19)29(31)32/h3-14,27H,1-2H3. The first kappa shape index (κ1) is 21.7. The Kier molecular flexibility index (Phi) is 5.86. The largest absolute Gasteiger partial charge is 0.497 e. The maximum Gasteiger partial charge on any atom is 0.280 e. The van der Waals surface area contributed by atoms with Gasteiger partial charge in [0.25, 0.3) is 11.2 Å². The van der Waals surface area contributed by atoms with Gasteiger partial charge in [0.15, 0.2) is 0 Å². The summed E-state index contributed by atoms with van der Waals surface area (Å²) in [7, 11) is 1.56. The molecule has 9 heteroatoms. The van der Waals surface area contributed by atoms with E-state index in [0.717, 1.165) is 5.56 Å². The topological polar surface area (TPSA) is 103 Å². The Morgan fingerprint density at radius 1 is 1.03 bits per heavy atom. The summed E-state index contributed by atoms with van der Waals surface area (Å²) in [6, 6.07) is 18.4. The Balaban J connectivity index is 1.88. The Hall–Kier alpha value is -4.53. The molecule has 0 atom stereocenters. The van der Waals surface area contributed by atoms with Crippen LogP contribution < -0.4 is 10.3 Å². The Bertz CT molecular complexity index is 1390. The minimum Gasteiger partial charge on any atom is -0.497 e. The second-order valence-electron chi connectivity index (χ2n) is 7.18. The number of hydrogen-bond donors (Lipinski definition) is 1. The third-order valence-corrected chi connectivity index (χ3v) is 5.07. The lowest BCUT2D eigenvalue weighted by atomic mass is 10.0. The van der Waals surface area contributed by atoms with Crippen molar-refractivity contribution in [3.05, 3.63) is 105 Å². The fourth-order valence-electron chi connectivity index (χ4n) is 3.41. The smallest absolute Gasteiger partial charge is 0.280 e. The van der Waals surface area contributed by atoms with E-state index >= 15 is 0 Å². The van der Waals surface area contributed by atoms with E-state index in [0.29, 0.717) is 34.1 Å². The third-order valence-electron chi connectivity index (χ3n) is 5.07. The minimum absolute atomic E-state index is 0.0805. The van der Waals surface area contributed by atoms with Gasteiger partial charge in [-0.05, 0) is 67.6 Å². The first-order valence-electron chi connectivity index (χ1n) is 9.93. The lowest BCUT2D eigenvalue weighted by Gasteiger charge is -2.05. The van der Waals surface area contributed by atoms with E-state index in [4.69, 9.17) is 4.74 Å². The van der Waals surface area contributed by atoms with Gasteiger partial charge < -0.3 is 4.74 Å². The summed E-state index contributed by atoms with van der Waals surface area (Å²) in [6.45, 7) is 1.70. The van der Waals surface area contributed by atoms with E-state index in [1.54, 1.807) is 38.3 Å². The Labute approximate surface area is 187 Å². The van der Waals surface area contributed by atoms with E-state index in [9.17, 15) is 19.3 Å². The van der Waals surface area contributed by atoms with Gasteiger partial charge in [-0.1, -0.05) is 0 Å². The van der Waals surface area contributed by atoms with Gasteiger partial charge in [0.1, 0.15) is 11.6 Å². The van der Waals surface area contributed by atoms with Gasteiger partial charge in [-0.15, -0.1) is 0 Å². The number of rotatable bonds is 6. The molecule has 0 unspecified atom stereocenters. The van der Waals surface area contributed by atoms with Crippen LogP contribution in [-0.4, -0.2) is 27.5 Å². The highest BCUT2D eigenvalue weighted by molar-refractivity contribution is 6.04. The lowest BCUT2D eigenvalue weighted by molar-refractivity contribution is -0.384. The number of nitrogens with zero attached hydrogens (tertiary/aromatic N) is 3. The van der Waals surface area contributed by atoms with Crippen LogP contribution >= 0.6 is 0 Å². The average molecular weight is 446 g/mol. The maximum absolute atomic E-state index is 13.4. The summed E-state index contributed by atoms with van der Waals surface area (Å²) in [5.41, 5.74) is 2.46. The molecule has 8 nitrogen and oxygen atoms in total. The number of aromatic nitrogens is 2. The molecule has 1 heterocycles. The fourth-order valence-corrected chi connectivity index (χ4v) is 3.41. The molecule has 166 valence electrons. The molecule has 0 radical (unpaired) electrons. The number of benzene rings is 3. The predicted octanol–water partition coefficient (Wildman–Crippen LogP) is 5.03. The molecule has 0 bridgehead atoms. The van der Waals surface area contributed by atoms with Gasteiger partial charge in [0, 0.05) is 17.7 Å². The summed E-state index contributed by atoms with van der Waals surface area (Å²) in [5.74, 6) is 0.279. The van der Waals surface area contributed by atoms with Crippen molar-refractivity contribution in [3.8, 4) is 22.7 Å². The first-order valence-corrected chi connectivity index (χ1v) is 9.93. The highest BCUT2D eigenvalue weighted by Crippen LogP contribution is 2.25. The molecule has 3 aromatic carbocycles. The van der Waals surface area contributed by atoms with Crippen molar-refractivity contribution in [2.75, 3.05) is 7.11 Å². The highest BCUT2D eigenvalue weighted by atomic mass is 19.1. The molecule has 1 N–H and O–H groups in total. The molecule has 0 aliphatic heterocycles. The van der Waals surface area contributed by atoms with Crippen LogP contribution in [0.1, 0.15) is 12.5 Å². The number of halogens is 1. The number of H-pyrrole nitrogens is 1. The lowest BCUT2D eigenvalue weighted by Crippen LogP contribution is -2.19. The molecule has 0 aliphatic rings. The summed E-state index contributed by atoms with van der Waals surface area (Å²) in [6.07, 6.45) is 0. The van der Waals surface area contributed by atoms with E-state index in [1.165, 1.54) is 53.2 Å². The zero-order valence-corrected chi connectivity index (χ0v) is 17.8. The molecule has 33 heavy (non-hydrogen) atoms. The zero-order valence-electron chi connectivity index (χ0n) is 17.8. The maximum atomic E-state index is 13.4. The number of non-ortho nitro benzene ring substituents is 1. The molecule has 1 aromatic heterocycles. The van der Waals surface area contributed by atoms with Gasteiger partial charge in [-0.2, -0.15) is 0 Å². The molecular weight excluding hydrogens is 427 g/mol. The quantitative estimate of drug-likeness (QED) is 0.255. The van der Waals surface area contributed by atoms with Crippen LogP contribution in [0.25, 0.3) is 16.9 Å². The molecule has 0 aliphatic carbocycles. The summed E-state index contributed by atoms with van der Waals surface area (Å²) >= 11 is 0. The van der Waals surface area contributed by atoms with Crippen LogP contribution in [-0.2, 0) is 0 Å². The van der Waals surface area contributed by atoms with Gasteiger partial charge in [-0.25, -0.2) is 9.07 Å². The molecule has 0 saturated carbocycles. The summed E-state index contributed by atoms with van der Waals surface area (Å²) in [5, 5.41) is 14.1. The molecule has 0 spiro atoms.